The second-order valence-corrected chi connectivity index (χ2v) is 9.50. The van der Waals surface area contributed by atoms with Crippen molar-refractivity contribution in [2.45, 2.75) is 26.3 Å². The summed E-state index contributed by atoms with van der Waals surface area (Å²) in [6, 6.07) is 19.0. The number of hydrogen-bond acceptors (Lipinski definition) is 5. The maximum absolute atomic E-state index is 12.7. The molecular formula is C30H25N3O6. The number of nitrogens with zero attached hydrogens (tertiary/aromatic N) is 1. The number of benzene rings is 4. The number of fused-ring (bicyclic) bond motifs is 3. The lowest BCUT2D eigenvalue weighted by Crippen LogP contribution is -2.42. The van der Waals surface area contributed by atoms with Crippen molar-refractivity contribution in [3.8, 4) is 28.3 Å². The van der Waals surface area contributed by atoms with E-state index in [1.807, 2.05) is 32.0 Å². The summed E-state index contributed by atoms with van der Waals surface area (Å²) >= 11 is 0. The van der Waals surface area contributed by atoms with Gasteiger partial charge in [-0.2, -0.15) is 0 Å². The van der Waals surface area contributed by atoms with Crippen molar-refractivity contribution in [3.05, 3.63) is 83.4 Å². The molecule has 0 radical (unpaired) electrons. The lowest BCUT2D eigenvalue weighted by molar-refractivity contribution is -0.145. The van der Waals surface area contributed by atoms with Crippen LogP contribution in [0.2, 0.25) is 0 Å². The van der Waals surface area contributed by atoms with Crippen LogP contribution in [0.15, 0.2) is 66.7 Å². The number of aliphatic carboxylic acids is 2. The number of H-pyrrole nitrogens is 1. The molecule has 39 heavy (non-hydrogen) atoms. The standard InChI is InChI=1S/C30H25N3O6/c1-15-4-3-5-17(10-15)18-7-6-16(2)21(12-18)28-31-22-9-8-19-11-20(13-24(34)26(19)27(22)33-28)29(37)32-23(30(38)39)14-25(35)36/h3-13,23,34H,14H2,1-2H3,(H,31,33)(H,32,37)(H,35,36)(H,38,39)/t23-/m0/s1. The van der Waals surface area contributed by atoms with Gasteiger partial charge in [-0.1, -0.05) is 48.0 Å². The molecule has 5 N–H and O–H groups in total. The molecule has 0 aliphatic heterocycles. The van der Waals surface area contributed by atoms with E-state index in [1.165, 1.54) is 12.1 Å². The highest BCUT2D eigenvalue weighted by molar-refractivity contribution is 6.11. The number of carbonyl (C=O) groups excluding carboxylic acids is 1. The highest BCUT2D eigenvalue weighted by Crippen LogP contribution is 2.35. The topological polar surface area (TPSA) is 153 Å². The smallest absolute Gasteiger partial charge is 0.326 e. The molecule has 1 aromatic heterocycles. The number of carbonyl (C=O) groups is 3. The van der Waals surface area contributed by atoms with Crippen molar-refractivity contribution < 1.29 is 29.7 Å². The Morgan fingerprint density at radius 1 is 0.949 bits per heavy atom. The van der Waals surface area contributed by atoms with Crippen molar-refractivity contribution in [3.63, 3.8) is 0 Å². The van der Waals surface area contributed by atoms with E-state index in [4.69, 9.17) is 10.1 Å². The number of hydrogen-bond donors (Lipinski definition) is 5. The zero-order valence-corrected chi connectivity index (χ0v) is 21.1. The van der Waals surface area contributed by atoms with Crippen LogP contribution in [-0.4, -0.2) is 49.2 Å². The Bertz CT molecular complexity index is 1790. The summed E-state index contributed by atoms with van der Waals surface area (Å²) in [4.78, 5) is 43.1. The van der Waals surface area contributed by atoms with Gasteiger partial charge >= 0.3 is 11.9 Å². The van der Waals surface area contributed by atoms with Crippen LogP contribution < -0.4 is 5.32 Å². The molecule has 0 bridgehead atoms. The van der Waals surface area contributed by atoms with Gasteiger partial charge in [0.1, 0.15) is 23.1 Å². The molecule has 0 saturated carbocycles. The number of phenolic OH excluding ortho intramolecular Hbond substituents is 1. The van der Waals surface area contributed by atoms with E-state index in [2.05, 4.69) is 34.6 Å². The zero-order valence-electron chi connectivity index (χ0n) is 21.1. The van der Waals surface area contributed by atoms with Gasteiger partial charge < -0.3 is 25.6 Å². The third-order valence-corrected chi connectivity index (χ3v) is 6.63. The van der Waals surface area contributed by atoms with Crippen molar-refractivity contribution in [2.75, 3.05) is 0 Å². The lowest BCUT2D eigenvalue weighted by atomic mass is 9.98. The second kappa shape index (κ2) is 9.94. The SMILES string of the molecule is Cc1cccc(-c2ccc(C)c(-c3nc4c(ccc5cc(C(=O)N[C@@H](CC(=O)O)C(=O)O)cc(O)c54)[nH]3)c2)c1. The highest BCUT2D eigenvalue weighted by Gasteiger charge is 2.24. The van der Waals surface area contributed by atoms with Gasteiger partial charge in [0.05, 0.1) is 17.3 Å². The Hall–Kier alpha value is -5.18. The van der Waals surface area contributed by atoms with E-state index in [9.17, 15) is 24.6 Å². The number of nitrogens with one attached hydrogen (secondary N) is 2. The molecule has 0 spiro atoms. The van der Waals surface area contributed by atoms with Gasteiger partial charge in [0.15, 0.2) is 0 Å². The normalized spacial score (nSPS) is 11.9. The Morgan fingerprint density at radius 3 is 2.44 bits per heavy atom. The fourth-order valence-corrected chi connectivity index (χ4v) is 4.67. The van der Waals surface area contributed by atoms with Crippen LogP contribution in [0.3, 0.4) is 0 Å². The van der Waals surface area contributed by atoms with E-state index in [0.29, 0.717) is 27.6 Å². The molecule has 1 heterocycles. The van der Waals surface area contributed by atoms with Crippen molar-refractivity contribution in [1.82, 2.24) is 15.3 Å². The molecular weight excluding hydrogens is 498 g/mol. The third-order valence-electron chi connectivity index (χ3n) is 6.63. The molecule has 5 aromatic rings. The fourth-order valence-electron chi connectivity index (χ4n) is 4.67. The predicted molar refractivity (Wildman–Crippen MR) is 147 cm³/mol. The Labute approximate surface area is 222 Å². The van der Waals surface area contributed by atoms with Crippen LogP contribution in [-0.2, 0) is 9.59 Å². The predicted octanol–water partition coefficient (Wildman–Crippen LogP) is 5.03. The first kappa shape index (κ1) is 25.5. The Morgan fingerprint density at radius 2 is 1.72 bits per heavy atom. The summed E-state index contributed by atoms with van der Waals surface area (Å²) in [6.07, 6.45) is -0.776. The maximum Gasteiger partial charge on any atom is 0.326 e. The average Bonchev–Trinajstić information content (AvgIpc) is 3.32. The fraction of sp³-hybridized carbons (Fsp3) is 0.133. The van der Waals surface area contributed by atoms with Gasteiger partial charge in [0.2, 0.25) is 0 Å². The van der Waals surface area contributed by atoms with Gasteiger partial charge in [-0.15, -0.1) is 0 Å². The molecule has 0 aliphatic rings. The van der Waals surface area contributed by atoms with Crippen LogP contribution >= 0.6 is 0 Å². The molecule has 1 atom stereocenters. The number of phenols is 1. The van der Waals surface area contributed by atoms with Gasteiger partial charge in [-0.25, -0.2) is 9.78 Å². The minimum absolute atomic E-state index is 0.00607. The summed E-state index contributed by atoms with van der Waals surface area (Å²) < 4.78 is 0. The number of rotatable bonds is 7. The van der Waals surface area contributed by atoms with E-state index >= 15 is 0 Å². The first-order chi connectivity index (χ1) is 18.6. The summed E-state index contributed by atoms with van der Waals surface area (Å²) in [5.41, 5.74) is 6.43. The van der Waals surface area contributed by atoms with Crippen LogP contribution in [0.25, 0.3) is 44.3 Å². The average molecular weight is 524 g/mol. The summed E-state index contributed by atoms with van der Waals surface area (Å²) in [5.74, 6) is -3.23. The van der Waals surface area contributed by atoms with Crippen molar-refractivity contribution in [1.29, 1.82) is 0 Å². The summed E-state index contributed by atoms with van der Waals surface area (Å²) in [7, 11) is 0. The summed E-state index contributed by atoms with van der Waals surface area (Å²) in [5, 5.41) is 32.2. The molecule has 9 heteroatoms. The van der Waals surface area contributed by atoms with Crippen LogP contribution in [0.1, 0.15) is 27.9 Å². The number of aryl methyl sites for hydroxylation is 2. The number of aromatic nitrogens is 2. The number of aromatic amines is 1. The van der Waals surface area contributed by atoms with Crippen molar-refractivity contribution in [2.24, 2.45) is 0 Å². The van der Waals surface area contributed by atoms with E-state index in [0.717, 1.165) is 27.8 Å². The second-order valence-electron chi connectivity index (χ2n) is 9.50. The van der Waals surface area contributed by atoms with Crippen LogP contribution in [0.4, 0.5) is 0 Å². The van der Waals surface area contributed by atoms with E-state index in [1.54, 1.807) is 12.1 Å². The minimum Gasteiger partial charge on any atom is -0.507 e. The Kier molecular flexibility index (Phi) is 6.49. The highest BCUT2D eigenvalue weighted by atomic mass is 16.4. The van der Waals surface area contributed by atoms with E-state index in [-0.39, 0.29) is 11.3 Å². The largest absolute Gasteiger partial charge is 0.507 e. The van der Waals surface area contributed by atoms with Gasteiger partial charge in [-0.3, -0.25) is 9.59 Å². The maximum atomic E-state index is 12.7. The first-order valence-corrected chi connectivity index (χ1v) is 12.2. The van der Waals surface area contributed by atoms with Crippen LogP contribution in [0.5, 0.6) is 5.75 Å². The molecule has 0 saturated heterocycles. The minimum atomic E-state index is -1.61. The molecule has 9 nitrogen and oxygen atoms in total. The van der Waals surface area contributed by atoms with Crippen molar-refractivity contribution >= 4 is 39.7 Å². The number of aromatic hydroxyl groups is 1. The summed E-state index contributed by atoms with van der Waals surface area (Å²) in [6.45, 7) is 4.04. The van der Waals surface area contributed by atoms with Crippen LogP contribution in [0, 0.1) is 13.8 Å². The van der Waals surface area contributed by atoms with Gasteiger partial charge in [0.25, 0.3) is 5.91 Å². The Balaban J connectivity index is 1.54. The number of carboxylic acid groups (broad SMARTS) is 2. The number of amides is 1. The molecule has 1 amide bonds. The molecule has 5 rings (SSSR count). The molecule has 4 aromatic carbocycles. The monoisotopic (exact) mass is 523 g/mol. The van der Waals surface area contributed by atoms with E-state index < -0.39 is 30.3 Å². The number of imidazole rings is 1. The molecule has 0 unspecified atom stereocenters. The number of carboxylic acids is 2. The van der Waals surface area contributed by atoms with Gasteiger partial charge in [-0.05, 0) is 60.2 Å². The molecule has 0 fully saturated rings. The lowest BCUT2D eigenvalue weighted by Gasteiger charge is -2.13. The van der Waals surface area contributed by atoms with Gasteiger partial charge in [0, 0.05) is 11.1 Å². The quantitative estimate of drug-likeness (QED) is 0.201. The zero-order chi connectivity index (χ0) is 27.8. The molecule has 196 valence electrons. The molecule has 0 aliphatic carbocycles. The first-order valence-electron chi connectivity index (χ1n) is 12.2. The third kappa shape index (κ3) is 5.02.